The van der Waals surface area contributed by atoms with E-state index < -0.39 is 0 Å². The minimum atomic E-state index is 0.0670. The van der Waals surface area contributed by atoms with E-state index in [1.54, 1.807) is 11.8 Å². The number of carbonyl (C=O) groups excluding carboxylic acids is 1. The highest BCUT2D eigenvalue weighted by molar-refractivity contribution is 7.99. The quantitative estimate of drug-likeness (QED) is 0.746. The van der Waals surface area contributed by atoms with Crippen molar-refractivity contribution in [3.8, 4) is 11.5 Å². The maximum absolute atomic E-state index is 11.9. The van der Waals surface area contributed by atoms with Crippen LogP contribution in [0.4, 0.5) is 0 Å². The summed E-state index contributed by atoms with van der Waals surface area (Å²) in [6, 6.07) is 16.2. The van der Waals surface area contributed by atoms with Gasteiger partial charge < -0.3 is 14.8 Å². The van der Waals surface area contributed by atoms with Crippen molar-refractivity contribution in [3.05, 3.63) is 59.7 Å². The normalized spacial score (nSPS) is 12.2. The standard InChI is InChI=1S/C19H21NO3S/c21-19(13-24-10-4-7-15-5-2-1-3-6-15)20-12-16-8-9-17-18(11-16)23-14-22-17/h1-3,5-6,8-9,11H,4,7,10,12-14H2,(H,20,21). The van der Waals surface area contributed by atoms with E-state index in [-0.39, 0.29) is 12.7 Å². The van der Waals surface area contributed by atoms with Crippen molar-refractivity contribution in [2.24, 2.45) is 0 Å². The van der Waals surface area contributed by atoms with Crippen LogP contribution in [0.5, 0.6) is 11.5 Å². The fourth-order valence-corrected chi connectivity index (χ4v) is 3.27. The van der Waals surface area contributed by atoms with E-state index in [1.165, 1.54) is 5.56 Å². The Morgan fingerprint density at radius 2 is 1.88 bits per heavy atom. The molecular formula is C19H21NO3S. The van der Waals surface area contributed by atoms with Crippen molar-refractivity contribution in [1.29, 1.82) is 0 Å². The van der Waals surface area contributed by atoms with E-state index >= 15 is 0 Å². The molecule has 0 radical (unpaired) electrons. The molecule has 5 heteroatoms. The van der Waals surface area contributed by atoms with Gasteiger partial charge in [0, 0.05) is 6.54 Å². The minimum Gasteiger partial charge on any atom is -0.454 e. The molecule has 1 aliphatic rings. The molecule has 3 rings (SSSR count). The van der Waals surface area contributed by atoms with Gasteiger partial charge in [-0.15, -0.1) is 0 Å². The van der Waals surface area contributed by atoms with Crippen LogP contribution in [-0.4, -0.2) is 24.2 Å². The first-order valence-corrected chi connectivity index (χ1v) is 9.23. The van der Waals surface area contributed by atoms with Crippen LogP contribution in [0.25, 0.3) is 0 Å². The van der Waals surface area contributed by atoms with Crippen LogP contribution >= 0.6 is 11.8 Å². The van der Waals surface area contributed by atoms with Gasteiger partial charge in [-0.3, -0.25) is 4.79 Å². The topological polar surface area (TPSA) is 47.6 Å². The number of benzene rings is 2. The van der Waals surface area contributed by atoms with Gasteiger partial charge in [0.05, 0.1) is 5.75 Å². The molecule has 0 aromatic heterocycles. The Kier molecular flexibility index (Phi) is 6.01. The van der Waals surface area contributed by atoms with Crippen LogP contribution in [0.15, 0.2) is 48.5 Å². The number of rotatable bonds is 8. The lowest BCUT2D eigenvalue weighted by atomic mass is 10.1. The molecule has 1 heterocycles. The lowest BCUT2D eigenvalue weighted by Crippen LogP contribution is -2.24. The summed E-state index contributed by atoms with van der Waals surface area (Å²) in [6.45, 7) is 0.783. The third-order valence-corrected chi connectivity index (χ3v) is 4.80. The van der Waals surface area contributed by atoms with E-state index in [1.807, 2.05) is 24.3 Å². The summed E-state index contributed by atoms with van der Waals surface area (Å²) in [5.41, 5.74) is 2.37. The van der Waals surface area contributed by atoms with Gasteiger partial charge in [-0.1, -0.05) is 36.4 Å². The zero-order chi connectivity index (χ0) is 16.6. The zero-order valence-electron chi connectivity index (χ0n) is 13.5. The number of aryl methyl sites for hydroxylation is 1. The zero-order valence-corrected chi connectivity index (χ0v) is 14.3. The van der Waals surface area contributed by atoms with Crippen molar-refractivity contribution in [1.82, 2.24) is 5.32 Å². The van der Waals surface area contributed by atoms with Gasteiger partial charge in [0.2, 0.25) is 12.7 Å². The molecule has 2 aromatic carbocycles. The fourth-order valence-electron chi connectivity index (χ4n) is 2.49. The Hall–Kier alpha value is -2.14. The summed E-state index contributed by atoms with van der Waals surface area (Å²) in [5, 5.41) is 2.94. The van der Waals surface area contributed by atoms with Gasteiger partial charge >= 0.3 is 0 Å². The number of hydrogen-bond donors (Lipinski definition) is 1. The van der Waals surface area contributed by atoms with E-state index in [4.69, 9.17) is 9.47 Å². The average Bonchev–Trinajstić information content (AvgIpc) is 3.08. The van der Waals surface area contributed by atoms with Gasteiger partial charge in [0.1, 0.15) is 0 Å². The summed E-state index contributed by atoms with van der Waals surface area (Å²) >= 11 is 1.68. The molecule has 0 saturated carbocycles. The third kappa shape index (κ3) is 4.93. The average molecular weight is 343 g/mol. The second-order valence-electron chi connectivity index (χ2n) is 5.61. The fraction of sp³-hybridized carbons (Fsp3) is 0.316. The molecule has 1 amide bonds. The number of ether oxygens (including phenoxy) is 2. The molecule has 0 saturated heterocycles. The van der Waals surface area contributed by atoms with Crippen molar-refractivity contribution in [3.63, 3.8) is 0 Å². The number of fused-ring (bicyclic) bond motifs is 1. The lowest BCUT2D eigenvalue weighted by molar-refractivity contribution is -0.118. The first-order chi connectivity index (χ1) is 11.8. The number of amides is 1. The molecule has 24 heavy (non-hydrogen) atoms. The van der Waals surface area contributed by atoms with Crippen molar-refractivity contribution in [2.75, 3.05) is 18.3 Å². The Morgan fingerprint density at radius 1 is 1.04 bits per heavy atom. The first-order valence-electron chi connectivity index (χ1n) is 8.08. The number of carbonyl (C=O) groups is 1. The Labute approximate surface area is 146 Å². The van der Waals surface area contributed by atoms with Gasteiger partial charge in [-0.2, -0.15) is 11.8 Å². The van der Waals surface area contributed by atoms with Gasteiger partial charge in [-0.05, 0) is 41.9 Å². The molecule has 0 aliphatic carbocycles. The van der Waals surface area contributed by atoms with Crippen LogP contribution in [0.2, 0.25) is 0 Å². The molecule has 126 valence electrons. The van der Waals surface area contributed by atoms with Crippen LogP contribution in [0.1, 0.15) is 17.5 Å². The van der Waals surface area contributed by atoms with Crippen LogP contribution in [-0.2, 0) is 17.8 Å². The molecule has 0 fully saturated rings. The smallest absolute Gasteiger partial charge is 0.231 e. The Bertz CT molecular complexity index is 676. The summed E-state index contributed by atoms with van der Waals surface area (Å²) in [6.07, 6.45) is 2.15. The Balaban J connectivity index is 1.30. The number of thioether (sulfide) groups is 1. The predicted molar refractivity (Wildman–Crippen MR) is 96.5 cm³/mol. The third-order valence-electron chi connectivity index (χ3n) is 3.76. The summed E-state index contributed by atoms with van der Waals surface area (Å²) in [4.78, 5) is 11.9. The van der Waals surface area contributed by atoms with E-state index in [0.29, 0.717) is 12.3 Å². The van der Waals surface area contributed by atoms with Crippen LogP contribution < -0.4 is 14.8 Å². The predicted octanol–water partition coefficient (Wildman–Crippen LogP) is 3.40. The minimum absolute atomic E-state index is 0.0670. The SMILES string of the molecule is O=C(CSCCCc1ccccc1)NCc1ccc2c(c1)OCO2. The molecule has 0 bridgehead atoms. The molecule has 1 aliphatic heterocycles. The van der Waals surface area contributed by atoms with E-state index in [0.717, 1.165) is 35.7 Å². The van der Waals surface area contributed by atoms with E-state index in [2.05, 4.69) is 29.6 Å². The molecular weight excluding hydrogens is 322 g/mol. The highest BCUT2D eigenvalue weighted by Gasteiger charge is 2.13. The summed E-state index contributed by atoms with van der Waals surface area (Å²) in [5.74, 6) is 3.07. The number of hydrogen-bond acceptors (Lipinski definition) is 4. The van der Waals surface area contributed by atoms with Crippen LogP contribution in [0.3, 0.4) is 0 Å². The molecule has 0 atom stereocenters. The van der Waals surface area contributed by atoms with Crippen molar-refractivity contribution in [2.45, 2.75) is 19.4 Å². The monoisotopic (exact) mass is 343 g/mol. The van der Waals surface area contributed by atoms with Crippen LogP contribution in [0, 0.1) is 0 Å². The highest BCUT2D eigenvalue weighted by atomic mass is 32.2. The second kappa shape index (κ2) is 8.64. The molecule has 0 spiro atoms. The van der Waals surface area contributed by atoms with Gasteiger partial charge in [0.15, 0.2) is 11.5 Å². The van der Waals surface area contributed by atoms with Crippen molar-refractivity contribution < 1.29 is 14.3 Å². The first kappa shape index (κ1) is 16.7. The molecule has 4 nitrogen and oxygen atoms in total. The van der Waals surface area contributed by atoms with E-state index in [9.17, 15) is 4.79 Å². The summed E-state index contributed by atoms with van der Waals surface area (Å²) < 4.78 is 10.6. The highest BCUT2D eigenvalue weighted by Crippen LogP contribution is 2.32. The maximum Gasteiger partial charge on any atom is 0.231 e. The lowest BCUT2D eigenvalue weighted by Gasteiger charge is -2.06. The largest absolute Gasteiger partial charge is 0.454 e. The Morgan fingerprint density at radius 3 is 2.75 bits per heavy atom. The van der Waals surface area contributed by atoms with Crippen molar-refractivity contribution >= 4 is 17.7 Å². The number of nitrogens with one attached hydrogen (secondary N) is 1. The summed E-state index contributed by atoms with van der Waals surface area (Å²) in [7, 11) is 0. The molecule has 1 N–H and O–H groups in total. The van der Waals surface area contributed by atoms with Gasteiger partial charge in [0.25, 0.3) is 0 Å². The van der Waals surface area contributed by atoms with Gasteiger partial charge in [-0.25, -0.2) is 0 Å². The molecule has 2 aromatic rings. The molecule has 0 unspecified atom stereocenters. The maximum atomic E-state index is 11.9. The second-order valence-corrected chi connectivity index (χ2v) is 6.71.